The molecule has 0 heterocycles. The first-order valence-corrected chi connectivity index (χ1v) is 10.2. The van der Waals surface area contributed by atoms with Crippen molar-refractivity contribution in [3.05, 3.63) is 68.8 Å². The molecule has 1 unspecified atom stereocenters. The number of ketones is 1. The first kappa shape index (κ1) is 26.1. The quantitative estimate of drug-likeness (QED) is 0.508. The molecule has 0 aliphatic heterocycles. The smallest absolute Gasteiger partial charge is 0.320 e. The fraction of sp³-hybridized carbons (Fsp3) is 0.423. The van der Waals surface area contributed by atoms with Crippen LogP contribution in [0.15, 0.2) is 24.3 Å². The fourth-order valence-corrected chi connectivity index (χ4v) is 3.96. The van der Waals surface area contributed by atoms with Gasteiger partial charge in [0, 0.05) is 0 Å². The highest BCUT2D eigenvalue weighted by Crippen LogP contribution is 2.27. The van der Waals surface area contributed by atoms with E-state index in [0.717, 1.165) is 38.9 Å². The van der Waals surface area contributed by atoms with Crippen LogP contribution in [-0.4, -0.2) is 31.9 Å². The summed E-state index contributed by atoms with van der Waals surface area (Å²) in [5, 5.41) is 0. The molecule has 0 aliphatic carbocycles. The van der Waals surface area contributed by atoms with Crippen molar-refractivity contribution in [2.45, 2.75) is 60.8 Å². The van der Waals surface area contributed by atoms with Crippen LogP contribution >= 0.6 is 0 Å². The second-order valence-corrected chi connectivity index (χ2v) is 8.01. The van der Waals surface area contributed by atoms with Gasteiger partial charge in [-0.2, -0.15) is 0 Å². The molecule has 31 heavy (non-hydrogen) atoms. The topological polar surface area (TPSA) is 69.7 Å². The summed E-state index contributed by atoms with van der Waals surface area (Å²) in [6.45, 7) is 13.3. The minimum Gasteiger partial charge on any atom is -0.469 e. The number of ether oxygens (including phenoxy) is 2. The van der Waals surface area contributed by atoms with Gasteiger partial charge in [0.15, 0.2) is 0 Å². The van der Waals surface area contributed by atoms with Crippen molar-refractivity contribution in [1.29, 1.82) is 0 Å². The van der Waals surface area contributed by atoms with E-state index in [1.807, 2.05) is 46.8 Å². The van der Waals surface area contributed by atoms with Crippen LogP contribution in [-0.2, 0) is 30.3 Å². The highest BCUT2D eigenvalue weighted by molar-refractivity contribution is 6.03. The molecule has 2 aromatic carbocycles. The molecule has 0 N–H and O–H groups in total. The lowest BCUT2D eigenvalue weighted by Gasteiger charge is -2.17. The summed E-state index contributed by atoms with van der Waals surface area (Å²) >= 11 is 0. The van der Waals surface area contributed by atoms with Gasteiger partial charge in [-0.3, -0.25) is 14.4 Å². The standard InChI is InChI=1S/C14H18O3.C12H16O2/c1-8-6-9(2)12(10(3)7-8)13(11(4)15)14(16)17-5;1-8-5-9(2)11(10(3)6-8)7-12(13)14-4/h6-7,13H,1-5H3;5-6H,7H2,1-4H3. The van der Waals surface area contributed by atoms with Gasteiger partial charge < -0.3 is 9.47 Å². The van der Waals surface area contributed by atoms with E-state index in [0.29, 0.717) is 6.42 Å². The number of carbonyl (C=O) groups excluding carboxylic acids is 3. The number of carbonyl (C=O) groups is 3. The van der Waals surface area contributed by atoms with E-state index in [-0.39, 0.29) is 11.8 Å². The van der Waals surface area contributed by atoms with Gasteiger partial charge in [0.05, 0.1) is 20.6 Å². The van der Waals surface area contributed by atoms with E-state index in [2.05, 4.69) is 23.8 Å². The fourth-order valence-electron chi connectivity index (χ4n) is 3.96. The predicted octanol–water partition coefficient (Wildman–Crippen LogP) is 4.78. The highest BCUT2D eigenvalue weighted by atomic mass is 16.5. The van der Waals surface area contributed by atoms with Gasteiger partial charge >= 0.3 is 11.9 Å². The van der Waals surface area contributed by atoms with E-state index in [4.69, 9.17) is 4.74 Å². The van der Waals surface area contributed by atoms with E-state index in [1.54, 1.807) is 0 Å². The van der Waals surface area contributed by atoms with Crippen LogP contribution in [0.1, 0.15) is 57.3 Å². The summed E-state index contributed by atoms with van der Waals surface area (Å²) < 4.78 is 9.36. The Morgan fingerprint density at radius 3 is 1.52 bits per heavy atom. The van der Waals surface area contributed by atoms with Gasteiger partial charge in [0.25, 0.3) is 0 Å². The summed E-state index contributed by atoms with van der Waals surface area (Å²) in [6, 6.07) is 8.12. The normalized spacial score (nSPS) is 11.1. The molecule has 2 aromatic rings. The number of aryl methyl sites for hydroxylation is 6. The minimum atomic E-state index is -0.805. The molecule has 0 aliphatic rings. The van der Waals surface area contributed by atoms with Gasteiger partial charge in [0.1, 0.15) is 11.7 Å². The Hall–Kier alpha value is -2.95. The number of methoxy groups -OCH3 is 2. The van der Waals surface area contributed by atoms with Crippen molar-refractivity contribution >= 4 is 17.7 Å². The molecule has 2 rings (SSSR count). The summed E-state index contributed by atoms with van der Waals surface area (Å²) in [5.41, 5.74) is 8.43. The van der Waals surface area contributed by atoms with Gasteiger partial charge in [0.2, 0.25) is 0 Å². The van der Waals surface area contributed by atoms with Crippen LogP contribution in [0.25, 0.3) is 0 Å². The van der Waals surface area contributed by atoms with Gasteiger partial charge in [-0.1, -0.05) is 35.4 Å². The second kappa shape index (κ2) is 11.4. The molecule has 0 fully saturated rings. The summed E-state index contributed by atoms with van der Waals surface area (Å²) in [5.74, 6) is -1.67. The van der Waals surface area contributed by atoms with Crippen LogP contribution in [0.3, 0.4) is 0 Å². The van der Waals surface area contributed by atoms with Gasteiger partial charge in [-0.25, -0.2) is 0 Å². The number of benzene rings is 2. The zero-order valence-electron chi connectivity index (χ0n) is 20.1. The molecule has 0 saturated carbocycles. The van der Waals surface area contributed by atoms with Crippen molar-refractivity contribution in [2.24, 2.45) is 0 Å². The molecule has 1 atom stereocenters. The Balaban J connectivity index is 0.000000316. The number of rotatable bonds is 5. The third kappa shape index (κ3) is 7.06. The molecule has 168 valence electrons. The molecule has 0 aromatic heterocycles. The monoisotopic (exact) mass is 426 g/mol. The maximum absolute atomic E-state index is 11.7. The van der Waals surface area contributed by atoms with Gasteiger partial charge in [-0.05, 0) is 81.8 Å². The third-order valence-corrected chi connectivity index (χ3v) is 5.26. The third-order valence-electron chi connectivity index (χ3n) is 5.26. The second-order valence-electron chi connectivity index (χ2n) is 8.01. The van der Waals surface area contributed by atoms with E-state index in [9.17, 15) is 14.4 Å². The summed E-state index contributed by atoms with van der Waals surface area (Å²) in [6.07, 6.45) is 0.369. The maximum atomic E-state index is 11.7. The average molecular weight is 427 g/mol. The van der Waals surface area contributed by atoms with Crippen LogP contribution < -0.4 is 0 Å². The van der Waals surface area contributed by atoms with E-state index < -0.39 is 11.9 Å². The highest BCUT2D eigenvalue weighted by Gasteiger charge is 2.29. The summed E-state index contributed by atoms with van der Waals surface area (Å²) in [4.78, 5) is 34.5. The Bertz CT molecular complexity index is 926. The lowest BCUT2D eigenvalue weighted by atomic mass is 9.87. The molecular formula is C26H34O5. The number of hydrogen-bond acceptors (Lipinski definition) is 5. The molecule has 0 saturated heterocycles. The van der Waals surface area contributed by atoms with Crippen molar-refractivity contribution in [3.63, 3.8) is 0 Å². The Morgan fingerprint density at radius 1 is 0.742 bits per heavy atom. The lowest BCUT2D eigenvalue weighted by molar-refractivity contribution is -0.145. The molecule has 0 amide bonds. The van der Waals surface area contributed by atoms with E-state index in [1.165, 1.54) is 26.7 Å². The molecular weight excluding hydrogens is 392 g/mol. The van der Waals surface area contributed by atoms with Crippen LogP contribution in [0.4, 0.5) is 0 Å². The van der Waals surface area contributed by atoms with Crippen LogP contribution in [0.2, 0.25) is 0 Å². The number of hydrogen-bond donors (Lipinski definition) is 0. The Labute approximate surface area is 185 Å². The maximum Gasteiger partial charge on any atom is 0.320 e. The van der Waals surface area contributed by atoms with Crippen molar-refractivity contribution in [1.82, 2.24) is 0 Å². The lowest BCUT2D eigenvalue weighted by Crippen LogP contribution is -2.23. The zero-order valence-corrected chi connectivity index (χ0v) is 20.1. The zero-order chi connectivity index (χ0) is 23.9. The van der Waals surface area contributed by atoms with E-state index >= 15 is 0 Å². The SMILES string of the molecule is COC(=O)C(C(C)=O)c1c(C)cc(C)cc1C.COC(=O)Cc1c(C)cc(C)cc1C. The molecule has 5 nitrogen and oxygen atoms in total. The van der Waals surface area contributed by atoms with Crippen molar-refractivity contribution in [2.75, 3.05) is 14.2 Å². The van der Waals surface area contributed by atoms with Crippen LogP contribution in [0.5, 0.6) is 0 Å². The number of Topliss-reactive ketones (excluding diaryl/α,β-unsaturated/α-hetero) is 1. The number of esters is 2. The molecule has 0 radical (unpaired) electrons. The van der Waals surface area contributed by atoms with Crippen molar-refractivity contribution < 1.29 is 23.9 Å². The Kier molecular flexibility index (Phi) is 9.63. The molecule has 5 heteroatoms. The average Bonchev–Trinajstić information content (AvgIpc) is 2.66. The summed E-state index contributed by atoms with van der Waals surface area (Å²) in [7, 11) is 2.72. The largest absolute Gasteiger partial charge is 0.469 e. The van der Waals surface area contributed by atoms with Crippen LogP contribution in [0, 0.1) is 41.5 Å². The van der Waals surface area contributed by atoms with Gasteiger partial charge in [-0.15, -0.1) is 0 Å². The first-order chi connectivity index (χ1) is 14.4. The molecule has 0 spiro atoms. The van der Waals surface area contributed by atoms with Crippen molar-refractivity contribution in [3.8, 4) is 0 Å². The predicted molar refractivity (Wildman–Crippen MR) is 122 cm³/mol. The Morgan fingerprint density at radius 2 is 1.16 bits per heavy atom. The first-order valence-electron chi connectivity index (χ1n) is 10.2. The minimum absolute atomic E-state index is 0.181. The molecule has 0 bridgehead atoms.